The highest BCUT2D eigenvalue weighted by atomic mass is 16.5. The second kappa shape index (κ2) is 4.58. The summed E-state index contributed by atoms with van der Waals surface area (Å²) in [6.07, 6.45) is 0. The molecule has 2 N–H and O–H groups in total. The molecule has 0 spiro atoms. The van der Waals surface area contributed by atoms with Crippen LogP contribution in [0.1, 0.15) is 27.0 Å². The van der Waals surface area contributed by atoms with E-state index in [1.54, 1.807) is 12.1 Å². The Hall–Kier alpha value is -1.86. The van der Waals surface area contributed by atoms with Crippen molar-refractivity contribution in [1.29, 1.82) is 5.26 Å². The highest BCUT2D eigenvalue weighted by molar-refractivity contribution is 5.92. The van der Waals surface area contributed by atoms with Crippen LogP contribution in [0.5, 0.6) is 0 Å². The van der Waals surface area contributed by atoms with Gasteiger partial charge in [0.25, 0.3) is 0 Å². The Kier molecular flexibility index (Phi) is 3.42. The minimum atomic E-state index is -0.513. The van der Waals surface area contributed by atoms with Crippen LogP contribution in [0.4, 0.5) is 0 Å². The van der Waals surface area contributed by atoms with Crippen molar-refractivity contribution in [2.75, 3.05) is 7.11 Å². The monoisotopic (exact) mass is 204 g/mol. The zero-order valence-electron chi connectivity index (χ0n) is 8.70. The maximum atomic E-state index is 11.4. The van der Waals surface area contributed by atoms with Gasteiger partial charge in [-0.2, -0.15) is 5.26 Å². The molecule has 15 heavy (non-hydrogen) atoms. The Labute approximate surface area is 88.3 Å². The molecule has 0 aromatic heterocycles. The van der Waals surface area contributed by atoms with Crippen molar-refractivity contribution in [3.8, 4) is 6.07 Å². The van der Waals surface area contributed by atoms with Crippen molar-refractivity contribution < 1.29 is 9.53 Å². The lowest BCUT2D eigenvalue weighted by Crippen LogP contribution is -2.08. The lowest BCUT2D eigenvalue weighted by Gasteiger charge is -2.07. The van der Waals surface area contributed by atoms with E-state index in [0.29, 0.717) is 12.1 Å². The molecule has 4 nitrogen and oxygen atoms in total. The van der Waals surface area contributed by atoms with Crippen LogP contribution in [-0.4, -0.2) is 13.1 Å². The average Bonchev–Trinajstić information content (AvgIpc) is 2.27. The second-order valence-electron chi connectivity index (χ2n) is 3.13. The van der Waals surface area contributed by atoms with Gasteiger partial charge >= 0.3 is 5.97 Å². The first-order valence-corrected chi connectivity index (χ1v) is 4.46. The first kappa shape index (κ1) is 11.2. The summed E-state index contributed by atoms with van der Waals surface area (Å²) in [5.74, 6) is -0.513. The largest absolute Gasteiger partial charge is 0.465 e. The van der Waals surface area contributed by atoms with Crippen LogP contribution < -0.4 is 5.73 Å². The summed E-state index contributed by atoms with van der Waals surface area (Å²) >= 11 is 0. The number of rotatable bonds is 2. The van der Waals surface area contributed by atoms with Crippen LogP contribution in [0, 0.1) is 18.3 Å². The van der Waals surface area contributed by atoms with Gasteiger partial charge in [-0.05, 0) is 30.2 Å². The topological polar surface area (TPSA) is 76.1 Å². The van der Waals surface area contributed by atoms with Crippen LogP contribution in [0.3, 0.4) is 0 Å². The SMILES string of the molecule is COC(=O)c1cc(CN)c(C)cc1C#N. The smallest absolute Gasteiger partial charge is 0.339 e. The molecule has 0 aliphatic heterocycles. The molecule has 0 bridgehead atoms. The number of carbonyl (C=O) groups excluding carboxylic acids is 1. The molecule has 1 aromatic rings. The number of aryl methyl sites for hydroxylation is 1. The number of ether oxygens (including phenoxy) is 1. The molecule has 0 saturated carbocycles. The normalized spacial score (nSPS) is 9.47. The van der Waals surface area contributed by atoms with Crippen LogP contribution in [0.2, 0.25) is 0 Å². The van der Waals surface area contributed by atoms with Gasteiger partial charge in [-0.25, -0.2) is 4.79 Å². The zero-order chi connectivity index (χ0) is 11.4. The number of benzene rings is 1. The molecule has 0 saturated heterocycles. The quantitative estimate of drug-likeness (QED) is 0.732. The summed E-state index contributed by atoms with van der Waals surface area (Å²) in [7, 11) is 1.28. The van der Waals surface area contributed by atoms with Crippen molar-refractivity contribution in [3.05, 3.63) is 34.4 Å². The van der Waals surface area contributed by atoms with Crippen molar-refractivity contribution >= 4 is 5.97 Å². The average molecular weight is 204 g/mol. The van der Waals surface area contributed by atoms with Gasteiger partial charge in [-0.1, -0.05) is 0 Å². The molecule has 0 heterocycles. The minimum Gasteiger partial charge on any atom is -0.465 e. The Balaban J connectivity index is 3.37. The molecule has 0 amide bonds. The molecule has 4 heteroatoms. The van der Waals surface area contributed by atoms with Crippen LogP contribution in [0.15, 0.2) is 12.1 Å². The van der Waals surface area contributed by atoms with Gasteiger partial charge in [0.15, 0.2) is 0 Å². The number of hydrogen-bond donors (Lipinski definition) is 1. The molecule has 0 aliphatic rings. The number of nitrogens with zero attached hydrogens (tertiary/aromatic N) is 1. The number of esters is 1. The fraction of sp³-hybridized carbons (Fsp3) is 0.273. The molecule has 78 valence electrons. The van der Waals surface area contributed by atoms with E-state index in [1.807, 2.05) is 13.0 Å². The van der Waals surface area contributed by atoms with E-state index in [4.69, 9.17) is 11.0 Å². The lowest BCUT2D eigenvalue weighted by molar-refractivity contribution is 0.0600. The summed E-state index contributed by atoms with van der Waals surface area (Å²) in [5, 5.41) is 8.86. The Morgan fingerprint density at radius 3 is 2.73 bits per heavy atom. The Morgan fingerprint density at radius 2 is 2.27 bits per heavy atom. The van der Waals surface area contributed by atoms with Crippen LogP contribution in [0.25, 0.3) is 0 Å². The van der Waals surface area contributed by atoms with Crippen molar-refractivity contribution in [2.45, 2.75) is 13.5 Å². The molecule has 1 rings (SSSR count). The summed E-state index contributed by atoms with van der Waals surface area (Å²) in [6, 6.07) is 5.22. The number of methoxy groups -OCH3 is 1. The Bertz CT molecular complexity index is 433. The molecule has 0 radical (unpaired) electrons. The van der Waals surface area contributed by atoms with E-state index in [0.717, 1.165) is 11.1 Å². The van der Waals surface area contributed by atoms with Gasteiger partial charge in [0.1, 0.15) is 6.07 Å². The van der Waals surface area contributed by atoms with Crippen LogP contribution >= 0.6 is 0 Å². The van der Waals surface area contributed by atoms with E-state index in [2.05, 4.69) is 4.74 Å². The molecular weight excluding hydrogens is 192 g/mol. The van der Waals surface area contributed by atoms with Crippen LogP contribution in [-0.2, 0) is 11.3 Å². The Morgan fingerprint density at radius 1 is 1.60 bits per heavy atom. The van der Waals surface area contributed by atoms with E-state index in [9.17, 15) is 4.79 Å². The van der Waals surface area contributed by atoms with Crippen molar-refractivity contribution in [3.63, 3.8) is 0 Å². The molecular formula is C11H12N2O2. The third kappa shape index (κ3) is 2.14. The third-order valence-electron chi connectivity index (χ3n) is 2.22. The molecule has 0 aliphatic carbocycles. The molecule has 1 aromatic carbocycles. The van der Waals surface area contributed by atoms with Gasteiger partial charge in [0.2, 0.25) is 0 Å². The highest BCUT2D eigenvalue weighted by Crippen LogP contribution is 2.16. The third-order valence-corrected chi connectivity index (χ3v) is 2.22. The lowest BCUT2D eigenvalue weighted by atomic mass is 10.00. The van der Waals surface area contributed by atoms with E-state index >= 15 is 0 Å². The van der Waals surface area contributed by atoms with Crippen molar-refractivity contribution in [1.82, 2.24) is 0 Å². The second-order valence-corrected chi connectivity index (χ2v) is 3.13. The summed E-state index contributed by atoms with van der Waals surface area (Å²) in [4.78, 5) is 11.4. The van der Waals surface area contributed by atoms with Gasteiger partial charge in [0, 0.05) is 6.54 Å². The predicted molar refractivity (Wildman–Crippen MR) is 55.1 cm³/mol. The molecule has 0 atom stereocenters. The minimum absolute atomic E-state index is 0.269. The number of nitriles is 1. The number of carbonyl (C=O) groups is 1. The van der Waals surface area contributed by atoms with E-state index in [-0.39, 0.29) is 5.56 Å². The number of hydrogen-bond acceptors (Lipinski definition) is 4. The molecule has 0 unspecified atom stereocenters. The number of nitrogens with two attached hydrogens (primary N) is 1. The van der Waals surface area contributed by atoms with Gasteiger partial charge in [0.05, 0.1) is 18.2 Å². The fourth-order valence-corrected chi connectivity index (χ4v) is 1.34. The predicted octanol–water partition coefficient (Wildman–Crippen LogP) is 1.11. The maximum absolute atomic E-state index is 11.4. The van der Waals surface area contributed by atoms with Gasteiger partial charge in [-0.15, -0.1) is 0 Å². The summed E-state index contributed by atoms with van der Waals surface area (Å²) in [6.45, 7) is 2.19. The van der Waals surface area contributed by atoms with E-state index in [1.165, 1.54) is 7.11 Å². The standard InChI is InChI=1S/C11H12N2O2/c1-7-3-9(6-13)10(11(14)15-2)4-8(7)5-12/h3-4H,5,12H2,1-2H3. The summed E-state index contributed by atoms with van der Waals surface area (Å²) < 4.78 is 4.59. The summed E-state index contributed by atoms with van der Waals surface area (Å²) in [5.41, 5.74) is 7.85. The zero-order valence-corrected chi connectivity index (χ0v) is 8.70. The maximum Gasteiger partial charge on any atom is 0.339 e. The molecule has 0 fully saturated rings. The van der Waals surface area contributed by atoms with Crippen molar-refractivity contribution in [2.24, 2.45) is 5.73 Å². The highest BCUT2D eigenvalue weighted by Gasteiger charge is 2.13. The van der Waals surface area contributed by atoms with Gasteiger partial charge in [-0.3, -0.25) is 0 Å². The van der Waals surface area contributed by atoms with Gasteiger partial charge < -0.3 is 10.5 Å². The van der Waals surface area contributed by atoms with E-state index < -0.39 is 5.97 Å². The first-order valence-electron chi connectivity index (χ1n) is 4.46. The fourth-order valence-electron chi connectivity index (χ4n) is 1.34. The first-order chi connectivity index (χ1) is 7.13.